The van der Waals surface area contributed by atoms with Crippen molar-refractivity contribution < 1.29 is 0 Å². The van der Waals surface area contributed by atoms with Crippen LogP contribution in [0.25, 0.3) is 21.5 Å². The van der Waals surface area contributed by atoms with Crippen molar-refractivity contribution in [2.45, 2.75) is 103 Å². The van der Waals surface area contributed by atoms with Crippen LogP contribution in [0, 0.1) is 0 Å². The predicted molar refractivity (Wildman–Crippen MR) is 220 cm³/mol. The van der Waals surface area contributed by atoms with Crippen LogP contribution in [-0.2, 0) is 6.42 Å². The summed E-state index contributed by atoms with van der Waals surface area (Å²) in [5.41, 5.74) is 5.72. The molecule has 2 unspecified atom stereocenters. The van der Waals surface area contributed by atoms with Crippen LogP contribution in [0.1, 0.15) is 102 Å². The third-order valence-corrected chi connectivity index (χ3v) is 9.83. The molecular weight excluding hydrogens is 605 g/mol. The molecule has 2 nitrogen and oxygen atoms in total. The molecular formula is C48H58N2. The van der Waals surface area contributed by atoms with Crippen LogP contribution in [0.15, 0.2) is 146 Å². The van der Waals surface area contributed by atoms with E-state index in [1.165, 1.54) is 121 Å². The van der Waals surface area contributed by atoms with E-state index in [9.17, 15) is 0 Å². The Balaban J connectivity index is 0.000000132. The van der Waals surface area contributed by atoms with E-state index in [0.29, 0.717) is 12.1 Å². The Hall–Kier alpha value is -4.56. The van der Waals surface area contributed by atoms with Crippen LogP contribution in [-0.4, -0.2) is 6.04 Å². The quantitative estimate of drug-likeness (QED) is 0.135. The largest absolute Gasteiger partial charge is 0.382 e. The lowest BCUT2D eigenvalue weighted by atomic mass is 9.92. The van der Waals surface area contributed by atoms with Crippen LogP contribution in [0.3, 0.4) is 0 Å². The molecule has 0 saturated heterocycles. The molecule has 2 heterocycles. The summed E-state index contributed by atoms with van der Waals surface area (Å²) < 4.78 is 0. The minimum absolute atomic E-state index is 0.642. The van der Waals surface area contributed by atoms with Crippen LogP contribution in [0.4, 0.5) is 11.4 Å². The van der Waals surface area contributed by atoms with Gasteiger partial charge >= 0.3 is 0 Å². The van der Waals surface area contributed by atoms with Gasteiger partial charge in [-0.2, -0.15) is 0 Å². The maximum atomic E-state index is 3.61. The first-order valence-electron chi connectivity index (χ1n) is 19.3. The second kappa shape index (κ2) is 20.8. The van der Waals surface area contributed by atoms with Gasteiger partial charge in [-0.15, -0.1) is 0 Å². The molecule has 0 bridgehead atoms. The minimum atomic E-state index is 0.642. The van der Waals surface area contributed by atoms with Gasteiger partial charge in [0.25, 0.3) is 0 Å². The van der Waals surface area contributed by atoms with Crippen molar-refractivity contribution in [2.75, 3.05) is 10.6 Å². The molecule has 0 spiro atoms. The first kappa shape index (κ1) is 36.7. The molecule has 2 aliphatic heterocycles. The number of anilines is 2. The van der Waals surface area contributed by atoms with Gasteiger partial charge in [0.1, 0.15) is 0 Å². The van der Waals surface area contributed by atoms with E-state index < -0.39 is 0 Å². The van der Waals surface area contributed by atoms with Crippen molar-refractivity contribution in [1.29, 1.82) is 0 Å². The fourth-order valence-electron chi connectivity index (χ4n) is 6.93. The number of hydrogen-bond acceptors (Lipinski definition) is 2. The van der Waals surface area contributed by atoms with E-state index in [1.807, 2.05) is 0 Å². The fourth-order valence-corrected chi connectivity index (χ4v) is 6.93. The molecule has 2 aliphatic rings. The number of fused-ring (bicyclic) bond motifs is 4. The van der Waals surface area contributed by atoms with Crippen LogP contribution < -0.4 is 10.6 Å². The molecule has 0 radical (unpaired) electrons. The first-order chi connectivity index (χ1) is 24.7. The average Bonchev–Trinajstić information content (AvgIpc) is 3.59. The van der Waals surface area contributed by atoms with E-state index in [-0.39, 0.29) is 0 Å². The van der Waals surface area contributed by atoms with E-state index in [0.717, 1.165) is 0 Å². The molecule has 2 heteroatoms. The molecule has 2 atom stereocenters. The van der Waals surface area contributed by atoms with Crippen molar-refractivity contribution in [1.82, 2.24) is 0 Å². The Morgan fingerprint density at radius 3 is 1.34 bits per heavy atom. The molecule has 0 fully saturated rings. The molecule has 2 N–H and O–H groups in total. The summed E-state index contributed by atoms with van der Waals surface area (Å²) in [5.74, 6) is 0. The highest BCUT2D eigenvalue weighted by Gasteiger charge is 2.23. The Morgan fingerprint density at radius 2 is 0.840 bits per heavy atom. The normalized spacial score (nSPS) is 14.9. The zero-order valence-electron chi connectivity index (χ0n) is 30.5. The zero-order chi connectivity index (χ0) is 34.6. The summed E-state index contributed by atoms with van der Waals surface area (Å²) in [4.78, 5) is 0. The Morgan fingerprint density at radius 1 is 0.420 bits per heavy atom. The summed E-state index contributed by atoms with van der Waals surface area (Å²) in [5, 5.41) is 12.4. The molecule has 260 valence electrons. The van der Waals surface area contributed by atoms with Gasteiger partial charge in [-0.05, 0) is 64.1 Å². The van der Waals surface area contributed by atoms with Gasteiger partial charge in [-0.1, -0.05) is 205 Å². The summed E-state index contributed by atoms with van der Waals surface area (Å²) in [6, 6.07) is 52.1. The van der Waals surface area contributed by atoms with E-state index >= 15 is 0 Å². The standard InChI is InChI=1S/2C14H21N.2C10H8/c1-2-3-4-5-9-13-11-12-8-6-7-10-14(12)15-13;1-2-3-4-5-6-10-13-12-9-7-8-11-14(12)15-13;2*1-2-6-10-8-4-3-7-9(10)5-1/h6-8,10,13,15H,2-5,9,11H2,1H3;7-9,11,13,15H,2-6,10H2,1H3;2*1-8H. The van der Waals surface area contributed by atoms with Gasteiger partial charge in [0.2, 0.25) is 0 Å². The third kappa shape index (κ3) is 11.5. The van der Waals surface area contributed by atoms with Gasteiger partial charge in [-0.3, -0.25) is 0 Å². The van der Waals surface area contributed by atoms with E-state index in [2.05, 4.69) is 170 Å². The minimum Gasteiger partial charge on any atom is -0.382 e. The van der Waals surface area contributed by atoms with Crippen molar-refractivity contribution in [2.24, 2.45) is 0 Å². The van der Waals surface area contributed by atoms with Crippen molar-refractivity contribution in [3.8, 4) is 0 Å². The number of para-hydroxylation sites is 2. The SMILES string of the molecule is CCCCCCC1Cc2ccccc2N1.CCCCCCCC1Nc2ccccc21.c1ccc2ccccc2c1.c1ccc2ccccc2c1. The highest BCUT2D eigenvalue weighted by atomic mass is 15.0. The summed E-state index contributed by atoms with van der Waals surface area (Å²) >= 11 is 0. The molecule has 8 rings (SSSR count). The maximum absolute atomic E-state index is 3.61. The Kier molecular flexibility index (Phi) is 15.3. The van der Waals surface area contributed by atoms with Gasteiger partial charge in [0.05, 0.1) is 6.04 Å². The van der Waals surface area contributed by atoms with Crippen molar-refractivity contribution in [3.63, 3.8) is 0 Å². The van der Waals surface area contributed by atoms with Gasteiger partial charge in [-0.25, -0.2) is 0 Å². The number of rotatable bonds is 11. The summed E-state index contributed by atoms with van der Waals surface area (Å²) in [6.07, 6.45) is 16.3. The highest BCUT2D eigenvalue weighted by Crippen LogP contribution is 2.38. The fraction of sp³-hybridized carbons (Fsp3) is 0.333. The molecule has 6 aromatic rings. The monoisotopic (exact) mass is 662 g/mol. The Labute approximate surface area is 302 Å². The van der Waals surface area contributed by atoms with Gasteiger partial charge in [0, 0.05) is 17.4 Å². The molecule has 0 aromatic heterocycles. The van der Waals surface area contributed by atoms with Crippen LogP contribution >= 0.6 is 0 Å². The average molecular weight is 663 g/mol. The van der Waals surface area contributed by atoms with Crippen molar-refractivity contribution in [3.05, 3.63) is 157 Å². The zero-order valence-corrected chi connectivity index (χ0v) is 30.5. The number of benzene rings is 6. The molecule has 0 saturated carbocycles. The third-order valence-electron chi connectivity index (χ3n) is 9.83. The van der Waals surface area contributed by atoms with E-state index in [4.69, 9.17) is 0 Å². The second-order valence-corrected chi connectivity index (χ2v) is 13.7. The summed E-state index contributed by atoms with van der Waals surface area (Å²) in [6.45, 7) is 4.54. The first-order valence-corrected chi connectivity index (χ1v) is 19.3. The predicted octanol–water partition coefficient (Wildman–Crippen LogP) is 14.2. The summed E-state index contributed by atoms with van der Waals surface area (Å²) in [7, 11) is 0. The van der Waals surface area contributed by atoms with Gasteiger partial charge < -0.3 is 10.6 Å². The number of nitrogens with one attached hydrogen (secondary N) is 2. The second-order valence-electron chi connectivity index (χ2n) is 13.7. The highest BCUT2D eigenvalue weighted by molar-refractivity contribution is 5.82. The van der Waals surface area contributed by atoms with Gasteiger partial charge in [0.15, 0.2) is 0 Å². The topological polar surface area (TPSA) is 24.1 Å². The molecule has 0 amide bonds. The number of unbranched alkanes of at least 4 members (excludes halogenated alkanes) is 7. The Bertz CT molecular complexity index is 1590. The molecule has 50 heavy (non-hydrogen) atoms. The molecule has 6 aromatic carbocycles. The lowest BCUT2D eigenvalue weighted by Gasteiger charge is -2.32. The van der Waals surface area contributed by atoms with Crippen LogP contribution in [0.5, 0.6) is 0 Å². The lowest BCUT2D eigenvalue weighted by Crippen LogP contribution is -2.22. The smallest absolute Gasteiger partial charge is 0.0534 e. The van der Waals surface area contributed by atoms with E-state index in [1.54, 1.807) is 0 Å². The van der Waals surface area contributed by atoms with Crippen molar-refractivity contribution >= 4 is 32.9 Å². The van der Waals surface area contributed by atoms with Crippen LogP contribution in [0.2, 0.25) is 0 Å². The molecule has 0 aliphatic carbocycles. The lowest BCUT2D eigenvalue weighted by molar-refractivity contribution is 0.559. The maximum Gasteiger partial charge on any atom is 0.0534 e. The number of hydrogen-bond donors (Lipinski definition) is 2.